The van der Waals surface area contributed by atoms with Crippen LogP contribution in [0.15, 0.2) is 48.5 Å². The zero-order chi connectivity index (χ0) is 22.8. The van der Waals surface area contributed by atoms with Crippen molar-refractivity contribution in [3.63, 3.8) is 0 Å². The van der Waals surface area contributed by atoms with Crippen LogP contribution in [-0.4, -0.2) is 40.7 Å². The van der Waals surface area contributed by atoms with Gasteiger partial charge < -0.3 is 10.2 Å². The second-order valence-corrected chi connectivity index (χ2v) is 8.26. The number of likely N-dealkylation sites (N-methyl/N-ethyl adjacent to an activating group) is 1. The van der Waals surface area contributed by atoms with E-state index >= 15 is 0 Å². The van der Waals surface area contributed by atoms with Gasteiger partial charge in [-0.2, -0.15) is 0 Å². The van der Waals surface area contributed by atoms with Crippen molar-refractivity contribution >= 4 is 17.8 Å². The maximum Gasteiger partial charge on any atom is 0.325 e. The van der Waals surface area contributed by atoms with E-state index in [0.717, 1.165) is 10.5 Å². The average molecular weight is 426 g/mol. The Balaban J connectivity index is 1.74. The first-order chi connectivity index (χ1) is 14.7. The second kappa shape index (κ2) is 8.88. The number of carbonyl (C=O) groups excluding carboxylic acids is 3. The summed E-state index contributed by atoms with van der Waals surface area (Å²) in [6, 6.07) is 13.0. The lowest BCUT2D eigenvalue weighted by Gasteiger charge is -2.25. The third kappa shape index (κ3) is 4.60. The zero-order valence-corrected chi connectivity index (χ0v) is 18.3. The molecule has 0 radical (unpaired) electrons. The van der Waals surface area contributed by atoms with Crippen molar-refractivity contribution in [2.45, 2.75) is 45.7 Å². The third-order valence-corrected chi connectivity index (χ3v) is 5.72. The van der Waals surface area contributed by atoms with Gasteiger partial charge in [-0.05, 0) is 48.6 Å². The van der Waals surface area contributed by atoms with E-state index in [1.807, 2.05) is 24.3 Å². The number of halogens is 1. The minimum Gasteiger partial charge on any atom is -0.337 e. The van der Waals surface area contributed by atoms with Crippen LogP contribution in [0.3, 0.4) is 0 Å². The molecule has 1 aliphatic heterocycles. The zero-order valence-electron chi connectivity index (χ0n) is 18.3. The first-order valence-corrected chi connectivity index (χ1v) is 10.4. The van der Waals surface area contributed by atoms with Crippen molar-refractivity contribution in [2.24, 2.45) is 0 Å². The molecule has 1 aliphatic rings. The predicted octanol–water partition coefficient (Wildman–Crippen LogP) is 3.76. The first kappa shape index (κ1) is 22.5. The average Bonchev–Trinajstić information content (AvgIpc) is 2.96. The Hall–Kier alpha value is -3.22. The van der Waals surface area contributed by atoms with E-state index in [4.69, 9.17) is 0 Å². The maximum absolute atomic E-state index is 13.5. The van der Waals surface area contributed by atoms with Crippen LogP contribution >= 0.6 is 0 Å². The molecule has 6 nitrogen and oxygen atoms in total. The molecule has 2 aromatic rings. The summed E-state index contributed by atoms with van der Waals surface area (Å²) in [6.07, 6.45) is 0. The minimum atomic E-state index is -1.23. The van der Waals surface area contributed by atoms with Crippen LogP contribution in [0.5, 0.6) is 0 Å². The number of amides is 4. The van der Waals surface area contributed by atoms with Crippen LogP contribution in [0.25, 0.3) is 0 Å². The highest BCUT2D eigenvalue weighted by Gasteiger charge is 2.49. The number of benzene rings is 2. The fraction of sp³-hybridized carbons (Fsp3) is 0.375. The fourth-order valence-electron chi connectivity index (χ4n) is 3.70. The van der Waals surface area contributed by atoms with Gasteiger partial charge in [-0.1, -0.05) is 50.2 Å². The van der Waals surface area contributed by atoms with Gasteiger partial charge in [0.05, 0.1) is 0 Å². The molecule has 0 saturated carbocycles. The Morgan fingerprint density at radius 2 is 1.84 bits per heavy atom. The number of urea groups is 1. The Kier molecular flexibility index (Phi) is 6.43. The van der Waals surface area contributed by atoms with Crippen LogP contribution in [0.2, 0.25) is 0 Å². The standard InChI is InChI=1S/C24H28FN3O3/c1-5-27(14-17-7-6-8-20(25)13-17)21(29)15-28-22(30)24(4,26-23(28)31)19-11-9-18(10-12-19)16(2)3/h6-13,16H,5,14-15H2,1-4H3,(H,26,31)/t24-/m1/s1. The summed E-state index contributed by atoms with van der Waals surface area (Å²) in [7, 11) is 0. The second-order valence-electron chi connectivity index (χ2n) is 8.26. The van der Waals surface area contributed by atoms with E-state index < -0.39 is 17.5 Å². The largest absolute Gasteiger partial charge is 0.337 e. The number of nitrogens with one attached hydrogen (secondary N) is 1. The molecule has 1 heterocycles. The molecule has 4 amide bonds. The van der Waals surface area contributed by atoms with Crippen molar-refractivity contribution < 1.29 is 18.8 Å². The first-order valence-electron chi connectivity index (χ1n) is 10.4. The molecular weight excluding hydrogens is 397 g/mol. The van der Waals surface area contributed by atoms with E-state index in [1.54, 1.807) is 26.0 Å². The van der Waals surface area contributed by atoms with Crippen molar-refractivity contribution in [1.29, 1.82) is 0 Å². The van der Waals surface area contributed by atoms with Gasteiger partial charge in [0.15, 0.2) is 0 Å². The minimum absolute atomic E-state index is 0.199. The lowest BCUT2D eigenvalue weighted by atomic mass is 9.90. The summed E-state index contributed by atoms with van der Waals surface area (Å²) in [5, 5.41) is 2.73. The molecule has 164 valence electrons. The van der Waals surface area contributed by atoms with Crippen LogP contribution in [0.1, 0.15) is 50.3 Å². The molecular formula is C24H28FN3O3. The summed E-state index contributed by atoms with van der Waals surface area (Å²) in [5.74, 6) is -0.878. The topological polar surface area (TPSA) is 69.7 Å². The fourth-order valence-corrected chi connectivity index (χ4v) is 3.70. The van der Waals surface area contributed by atoms with E-state index in [-0.39, 0.29) is 24.8 Å². The number of carbonyl (C=O) groups is 3. The van der Waals surface area contributed by atoms with E-state index in [9.17, 15) is 18.8 Å². The molecule has 31 heavy (non-hydrogen) atoms. The lowest BCUT2D eigenvalue weighted by Crippen LogP contribution is -2.44. The van der Waals surface area contributed by atoms with Crippen LogP contribution < -0.4 is 5.32 Å². The normalized spacial score (nSPS) is 18.5. The highest BCUT2D eigenvalue weighted by molar-refractivity contribution is 6.09. The third-order valence-electron chi connectivity index (χ3n) is 5.72. The number of imide groups is 1. The highest BCUT2D eigenvalue weighted by atomic mass is 19.1. The van der Waals surface area contributed by atoms with Gasteiger partial charge in [0, 0.05) is 13.1 Å². The van der Waals surface area contributed by atoms with Crippen molar-refractivity contribution in [2.75, 3.05) is 13.1 Å². The van der Waals surface area contributed by atoms with E-state index in [1.165, 1.54) is 17.0 Å². The van der Waals surface area contributed by atoms with Gasteiger partial charge in [-0.25, -0.2) is 9.18 Å². The summed E-state index contributed by atoms with van der Waals surface area (Å²) >= 11 is 0. The Morgan fingerprint density at radius 3 is 2.42 bits per heavy atom. The smallest absolute Gasteiger partial charge is 0.325 e. The molecule has 3 rings (SSSR count). The number of nitrogens with zero attached hydrogens (tertiary/aromatic N) is 2. The molecule has 0 bridgehead atoms. The molecule has 1 atom stereocenters. The van der Waals surface area contributed by atoms with Crippen LogP contribution in [0, 0.1) is 5.82 Å². The van der Waals surface area contributed by atoms with Gasteiger partial charge in [0.1, 0.15) is 17.9 Å². The Morgan fingerprint density at radius 1 is 1.16 bits per heavy atom. The Bertz CT molecular complexity index is 990. The van der Waals surface area contributed by atoms with E-state index in [0.29, 0.717) is 23.6 Å². The Labute approximate surface area is 182 Å². The van der Waals surface area contributed by atoms with E-state index in [2.05, 4.69) is 19.2 Å². The van der Waals surface area contributed by atoms with Crippen LogP contribution in [0.4, 0.5) is 9.18 Å². The number of hydrogen-bond donors (Lipinski definition) is 1. The van der Waals surface area contributed by atoms with Gasteiger partial charge in [0.2, 0.25) is 5.91 Å². The summed E-state index contributed by atoms with van der Waals surface area (Å²) < 4.78 is 13.5. The van der Waals surface area contributed by atoms with Gasteiger partial charge in [0.25, 0.3) is 5.91 Å². The molecule has 1 saturated heterocycles. The molecule has 0 aromatic heterocycles. The SMILES string of the molecule is CCN(Cc1cccc(F)c1)C(=O)CN1C(=O)N[C@](C)(c2ccc(C(C)C)cc2)C1=O. The lowest BCUT2D eigenvalue weighted by molar-refractivity contribution is -0.139. The summed E-state index contributed by atoms with van der Waals surface area (Å²) in [4.78, 5) is 41.0. The number of rotatable bonds is 7. The highest BCUT2D eigenvalue weighted by Crippen LogP contribution is 2.30. The summed E-state index contributed by atoms with van der Waals surface area (Å²) in [6.45, 7) is 7.80. The molecule has 0 spiro atoms. The van der Waals surface area contributed by atoms with Crippen molar-refractivity contribution in [3.8, 4) is 0 Å². The van der Waals surface area contributed by atoms with Gasteiger partial charge in [-0.15, -0.1) is 0 Å². The summed E-state index contributed by atoms with van der Waals surface area (Å²) in [5.41, 5.74) is 1.21. The predicted molar refractivity (Wildman–Crippen MR) is 116 cm³/mol. The number of hydrogen-bond acceptors (Lipinski definition) is 3. The van der Waals surface area contributed by atoms with Gasteiger partial charge in [-0.3, -0.25) is 14.5 Å². The molecule has 1 fully saturated rings. The van der Waals surface area contributed by atoms with Gasteiger partial charge >= 0.3 is 6.03 Å². The molecule has 0 unspecified atom stereocenters. The quantitative estimate of drug-likeness (QED) is 0.687. The van der Waals surface area contributed by atoms with Crippen molar-refractivity contribution in [3.05, 3.63) is 71.0 Å². The monoisotopic (exact) mass is 425 g/mol. The molecule has 7 heteroatoms. The molecule has 0 aliphatic carbocycles. The molecule has 2 aromatic carbocycles. The van der Waals surface area contributed by atoms with Crippen LogP contribution in [-0.2, 0) is 21.7 Å². The molecule has 1 N–H and O–H groups in total. The van der Waals surface area contributed by atoms with Crippen molar-refractivity contribution in [1.82, 2.24) is 15.1 Å². The maximum atomic E-state index is 13.5.